The fourth-order valence-electron chi connectivity index (χ4n) is 5.69. The van der Waals surface area contributed by atoms with Crippen molar-refractivity contribution in [2.75, 3.05) is 14.2 Å². The Labute approximate surface area is 153 Å². The van der Waals surface area contributed by atoms with Crippen molar-refractivity contribution in [3.8, 4) is 0 Å². The fraction of sp³-hybridized carbons (Fsp3) is 0.818. The smallest absolute Gasteiger partial charge is 0.182 e. The van der Waals surface area contributed by atoms with Crippen LogP contribution >= 0.6 is 0 Å². The van der Waals surface area contributed by atoms with Gasteiger partial charge in [0, 0.05) is 20.6 Å². The van der Waals surface area contributed by atoms with Gasteiger partial charge in [-0.15, -0.1) is 0 Å². The lowest BCUT2D eigenvalue weighted by molar-refractivity contribution is -0.180. The highest BCUT2D eigenvalue weighted by Crippen LogP contribution is 2.61. The number of hydrogen-bond donors (Lipinski definition) is 0. The highest BCUT2D eigenvalue weighted by molar-refractivity contribution is 5.22. The van der Waals surface area contributed by atoms with Crippen molar-refractivity contribution in [2.45, 2.75) is 78.8 Å². The summed E-state index contributed by atoms with van der Waals surface area (Å²) in [5.74, 6) is 1.50. The maximum Gasteiger partial charge on any atom is 0.182 e. The van der Waals surface area contributed by atoms with Gasteiger partial charge >= 0.3 is 0 Å². The molecule has 1 heterocycles. The first-order valence-corrected chi connectivity index (χ1v) is 9.92. The third-order valence-corrected chi connectivity index (χ3v) is 7.86. The summed E-state index contributed by atoms with van der Waals surface area (Å²) in [5.41, 5.74) is 3.57. The van der Waals surface area contributed by atoms with Gasteiger partial charge in [0.25, 0.3) is 0 Å². The van der Waals surface area contributed by atoms with E-state index in [9.17, 15) is 0 Å². The lowest BCUT2D eigenvalue weighted by Crippen LogP contribution is -2.49. The molecule has 3 nitrogen and oxygen atoms in total. The van der Waals surface area contributed by atoms with Gasteiger partial charge in [0.15, 0.2) is 12.6 Å². The molecule has 0 aromatic rings. The Hall–Kier alpha value is -0.640. The first kappa shape index (κ1) is 19.1. The third kappa shape index (κ3) is 3.24. The quantitative estimate of drug-likeness (QED) is 0.631. The van der Waals surface area contributed by atoms with Gasteiger partial charge in [-0.1, -0.05) is 38.5 Å². The molecule has 0 amide bonds. The molecule has 0 radical (unpaired) electrons. The van der Waals surface area contributed by atoms with Crippen LogP contribution in [0.5, 0.6) is 0 Å². The number of ether oxygens (including phenoxy) is 3. The van der Waals surface area contributed by atoms with Gasteiger partial charge in [0.2, 0.25) is 0 Å². The SMILES string of the molecule is COC1CC(=CCC2(C)C(C)CCC3(C)C(C)=CCCC32)C(OC)O1. The lowest BCUT2D eigenvalue weighted by atomic mass is 9.47. The van der Waals surface area contributed by atoms with Crippen LogP contribution < -0.4 is 0 Å². The first-order chi connectivity index (χ1) is 11.8. The van der Waals surface area contributed by atoms with Crippen molar-refractivity contribution in [1.82, 2.24) is 0 Å². The Bertz CT molecular complexity index is 551. The van der Waals surface area contributed by atoms with Crippen molar-refractivity contribution in [1.29, 1.82) is 0 Å². The maximum absolute atomic E-state index is 5.79. The van der Waals surface area contributed by atoms with Gasteiger partial charge in [-0.2, -0.15) is 0 Å². The van der Waals surface area contributed by atoms with Crippen molar-refractivity contribution >= 4 is 0 Å². The van der Waals surface area contributed by atoms with Crippen LogP contribution in [-0.2, 0) is 14.2 Å². The molecule has 3 aliphatic rings. The first-order valence-electron chi connectivity index (χ1n) is 9.92. The Balaban J connectivity index is 1.84. The molecular weight excluding hydrogens is 312 g/mol. The van der Waals surface area contributed by atoms with Crippen molar-refractivity contribution in [2.24, 2.45) is 22.7 Å². The van der Waals surface area contributed by atoms with E-state index in [1.165, 1.54) is 31.3 Å². The van der Waals surface area contributed by atoms with Crippen LogP contribution in [-0.4, -0.2) is 26.8 Å². The van der Waals surface area contributed by atoms with Crippen LogP contribution in [0, 0.1) is 22.7 Å². The van der Waals surface area contributed by atoms with Crippen molar-refractivity contribution in [3.63, 3.8) is 0 Å². The van der Waals surface area contributed by atoms with E-state index in [0.29, 0.717) is 10.8 Å². The molecule has 0 aromatic carbocycles. The highest BCUT2D eigenvalue weighted by Gasteiger charge is 2.52. The van der Waals surface area contributed by atoms with Crippen LogP contribution in [0.1, 0.15) is 66.2 Å². The minimum atomic E-state index is -0.244. The van der Waals surface area contributed by atoms with E-state index in [4.69, 9.17) is 14.2 Å². The van der Waals surface area contributed by atoms with Gasteiger partial charge < -0.3 is 14.2 Å². The molecule has 6 atom stereocenters. The predicted octanol–water partition coefficient (Wildman–Crippen LogP) is 5.47. The van der Waals surface area contributed by atoms with E-state index < -0.39 is 0 Å². The summed E-state index contributed by atoms with van der Waals surface area (Å²) in [6.07, 6.45) is 11.6. The van der Waals surface area contributed by atoms with Gasteiger partial charge in [0.05, 0.1) is 0 Å². The number of fused-ring (bicyclic) bond motifs is 1. The maximum atomic E-state index is 5.79. The average Bonchev–Trinajstić information content (AvgIpc) is 3.01. The lowest BCUT2D eigenvalue weighted by Gasteiger charge is -2.58. The van der Waals surface area contributed by atoms with Gasteiger partial charge in [0.1, 0.15) is 0 Å². The van der Waals surface area contributed by atoms with Gasteiger partial charge in [-0.3, -0.25) is 0 Å². The summed E-state index contributed by atoms with van der Waals surface area (Å²) < 4.78 is 16.7. The highest BCUT2D eigenvalue weighted by atomic mass is 16.8. The third-order valence-electron chi connectivity index (χ3n) is 7.86. The number of hydrogen-bond acceptors (Lipinski definition) is 3. The summed E-state index contributed by atoms with van der Waals surface area (Å²) in [7, 11) is 3.42. The molecule has 3 rings (SSSR count). The number of allylic oxidation sites excluding steroid dienone is 3. The molecule has 0 spiro atoms. The van der Waals surface area contributed by atoms with Crippen LogP contribution in [0.3, 0.4) is 0 Å². The van der Waals surface area contributed by atoms with Crippen LogP contribution in [0.15, 0.2) is 23.3 Å². The van der Waals surface area contributed by atoms with E-state index in [1.54, 1.807) is 19.8 Å². The second kappa shape index (κ2) is 7.17. The Morgan fingerprint density at radius 2 is 2.00 bits per heavy atom. The molecule has 3 heteroatoms. The van der Waals surface area contributed by atoms with E-state index in [-0.39, 0.29) is 12.6 Å². The minimum Gasteiger partial charge on any atom is -0.355 e. The number of rotatable bonds is 4. The van der Waals surface area contributed by atoms with Crippen LogP contribution in [0.4, 0.5) is 0 Å². The molecule has 25 heavy (non-hydrogen) atoms. The zero-order valence-corrected chi connectivity index (χ0v) is 16.9. The molecule has 2 aliphatic carbocycles. The zero-order valence-electron chi connectivity index (χ0n) is 16.9. The van der Waals surface area contributed by atoms with E-state index in [0.717, 1.165) is 24.7 Å². The molecule has 142 valence electrons. The molecular formula is C22H36O3. The Morgan fingerprint density at radius 1 is 1.24 bits per heavy atom. The molecule has 0 aromatic heterocycles. The monoisotopic (exact) mass is 348 g/mol. The molecule has 1 aliphatic heterocycles. The molecule has 1 saturated heterocycles. The topological polar surface area (TPSA) is 27.7 Å². The number of methoxy groups -OCH3 is 2. The van der Waals surface area contributed by atoms with Crippen LogP contribution in [0.2, 0.25) is 0 Å². The summed E-state index contributed by atoms with van der Waals surface area (Å²) >= 11 is 0. The van der Waals surface area contributed by atoms with Crippen molar-refractivity contribution < 1.29 is 14.2 Å². The zero-order chi connectivity index (χ0) is 18.2. The summed E-state index contributed by atoms with van der Waals surface area (Å²) in [6.45, 7) is 9.86. The summed E-state index contributed by atoms with van der Waals surface area (Å²) in [6, 6.07) is 0. The van der Waals surface area contributed by atoms with Crippen LogP contribution in [0.25, 0.3) is 0 Å². The standard InChI is InChI=1S/C22H36O3/c1-15-8-7-9-18-21(15,3)12-10-16(2)22(18,4)13-11-17-14-19(23-5)25-20(17)24-6/h8,11,16,18-20H,7,9-10,12-14H2,1-6H3. The van der Waals surface area contributed by atoms with Gasteiger partial charge in [-0.25, -0.2) is 0 Å². The Kier molecular flexibility index (Phi) is 5.49. The van der Waals surface area contributed by atoms with E-state index in [1.807, 2.05) is 0 Å². The second-order valence-electron chi connectivity index (χ2n) is 8.94. The summed E-state index contributed by atoms with van der Waals surface area (Å²) in [4.78, 5) is 0. The normalized spacial score (nSPS) is 46.2. The molecule has 1 saturated carbocycles. The largest absolute Gasteiger partial charge is 0.355 e. The predicted molar refractivity (Wildman–Crippen MR) is 101 cm³/mol. The molecule has 0 N–H and O–H groups in total. The Morgan fingerprint density at radius 3 is 2.68 bits per heavy atom. The van der Waals surface area contributed by atoms with E-state index in [2.05, 4.69) is 39.8 Å². The summed E-state index contributed by atoms with van der Waals surface area (Å²) in [5, 5.41) is 0. The molecule has 2 fully saturated rings. The fourth-order valence-corrected chi connectivity index (χ4v) is 5.69. The minimum absolute atomic E-state index is 0.169. The average molecular weight is 349 g/mol. The second-order valence-corrected chi connectivity index (χ2v) is 8.94. The van der Waals surface area contributed by atoms with E-state index >= 15 is 0 Å². The van der Waals surface area contributed by atoms with Gasteiger partial charge in [-0.05, 0) is 67.3 Å². The molecule has 0 bridgehead atoms. The molecule has 6 unspecified atom stereocenters. The van der Waals surface area contributed by atoms with Crippen molar-refractivity contribution in [3.05, 3.63) is 23.3 Å².